The number of allylic oxidation sites excluding steroid dienone is 4. The van der Waals surface area contributed by atoms with Gasteiger partial charge >= 0.3 is 5.97 Å². The summed E-state index contributed by atoms with van der Waals surface area (Å²) in [6.45, 7) is 13.1. The van der Waals surface area contributed by atoms with Crippen LogP contribution in [0.5, 0.6) is 0 Å². The van der Waals surface area contributed by atoms with Crippen molar-refractivity contribution in [2.45, 2.75) is 160 Å². The van der Waals surface area contributed by atoms with Crippen LogP contribution in [0.15, 0.2) is 36.0 Å². The summed E-state index contributed by atoms with van der Waals surface area (Å²) in [5.41, 5.74) is 1.60. The third kappa shape index (κ3) is 11.3. The molecule has 3 N–H and O–H groups in total. The molecule has 1 amide bonds. The van der Waals surface area contributed by atoms with E-state index in [4.69, 9.17) is 23.7 Å². The van der Waals surface area contributed by atoms with E-state index in [1.165, 1.54) is 14.2 Å². The van der Waals surface area contributed by atoms with E-state index in [1.807, 2.05) is 26.0 Å². The van der Waals surface area contributed by atoms with Crippen molar-refractivity contribution in [1.29, 1.82) is 0 Å². The molecule has 0 aromatic rings. The molecule has 3 aliphatic heterocycles. The first kappa shape index (κ1) is 46.9. The predicted molar refractivity (Wildman–Crippen MR) is 213 cm³/mol. The van der Waals surface area contributed by atoms with Gasteiger partial charge in [0.25, 0.3) is 11.7 Å². The Kier molecular flexibility index (Phi) is 17.2. The second-order valence-electron chi connectivity index (χ2n) is 17.3. The molecule has 13 heteroatoms. The summed E-state index contributed by atoms with van der Waals surface area (Å²) in [4.78, 5) is 58.0. The fourth-order valence-corrected chi connectivity index (χ4v) is 9.40. The smallest absolute Gasteiger partial charge is 0.329 e. The third-order valence-electron chi connectivity index (χ3n) is 12.9. The van der Waals surface area contributed by atoms with Crippen LogP contribution in [0.2, 0.25) is 0 Å². The molecule has 0 aromatic heterocycles. The number of aliphatic hydroxyl groups excluding tert-OH is 2. The normalized spacial score (nSPS) is 39.1. The number of ether oxygens (including phenoxy) is 5. The molecular weight excluding hydrogens is 734 g/mol. The molecule has 57 heavy (non-hydrogen) atoms. The lowest BCUT2D eigenvalue weighted by molar-refractivity contribution is -0.302. The number of Topliss-reactive ketones (excluding diaryl/α,β-unsaturated/α-hetero) is 2. The number of piperidine rings is 1. The molecule has 1 aliphatic carbocycles. The van der Waals surface area contributed by atoms with Crippen LogP contribution in [0.1, 0.15) is 105 Å². The molecule has 3 heterocycles. The molecule has 3 fully saturated rings. The Labute approximate surface area is 339 Å². The Hall–Kier alpha value is -2.78. The average Bonchev–Trinajstić information content (AvgIpc) is 3.19. The highest BCUT2D eigenvalue weighted by molar-refractivity contribution is 6.39. The van der Waals surface area contributed by atoms with E-state index in [-0.39, 0.29) is 49.5 Å². The van der Waals surface area contributed by atoms with Crippen LogP contribution in [0.3, 0.4) is 0 Å². The minimum Gasteiger partial charge on any atom is -0.460 e. The van der Waals surface area contributed by atoms with Gasteiger partial charge < -0.3 is 43.9 Å². The Morgan fingerprint density at radius 3 is 2.32 bits per heavy atom. The number of carbonyl (C=O) groups is 4. The van der Waals surface area contributed by atoms with Gasteiger partial charge in [-0.1, -0.05) is 44.6 Å². The summed E-state index contributed by atoms with van der Waals surface area (Å²) in [6, 6.07) is -1.17. The maximum absolute atomic E-state index is 14.3. The summed E-state index contributed by atoms with van der Waals surface area (Å²) in [6.07, 6.45) is 5.10. The van der Waals surface area contributed by atoms with Crippen molar-refractivity contribution in [2.24, 2.45) is 29.6 Å². The summed E-state index contributed by atoms with van der Waals surface area (Å²) >= 11 is 0. The molecule has 4 rings (SSSR count). The molecule has 322 valence electrons. The molecule has 14 atom stereocenters. The maximum atomic E-state index is 14.3. The number of carbonyl (C=O) groups excluding carboxylic acids is 4. The molecule has 1 saturated carbocycles. The van der Waals surface area contributed by atoms with E-state index in [0.29, 0.717) is 56.9 Å². The van der Waals surface area contributed by atoms with Crippen molar-refractivity contribution in [3.05, 3.63) is 36.0 Å². The van der Waals surface area contributed by atoms with Gasteiger partial charge in [-0.15, -0.1) is 6.58 Å². The van der Waals surface area contributed by atoms with E-state index in [1.54, 1.807) is 34.0 Å². The minimum absolute atomic E-state index is 0.0120. The number of hydrogen-bond donors (Lipinski definition) is 3. The number of fused-ring (bicyclic) bond motifs is 3. The fourth-order valence-electron chi connectivity index (χ4n) is 9.40. The van der Waals surface area contributed by atoms with Crippen molar-refractivity contribution < 1.29 is 58.2 Å². The van der Waals surface area contributed by atoms with Crippen LogP contribution in [-0.4, -0.2) is 126 Å². The summed E-state index contributed by atoms with van der Waals surface area (Å²) in [5.74, 6) is -7.80. The van der Waals surface area contributed by atoms with Crippen LogP contribution in [0, 0.1) is 29.6 Å². The summed E-state index contributed by atoms with van der Waals surface area (Å²) in [7, 11) is 4.63. The monoisotopic (exact) mass is 803 g/mol. The van der Waals surface area contributed by atoms with Crippen LogP contribution < -0.4 is 0 Å². The highest BCUT2D eigenvalue weighted by Crippen LogP contribution is 2.39. The molecular formula is C44H69NO12. The zero-order chi connectivity index (χ0) is 42.2. The quantitative estimate of drug-likeness (QED) is 0.168. The minimum atomic E-state index is -2.50. The van der Waals surface area contributed by atoms with Gasteiger partial charge in [0.2, 0.25) is 5.79 Å². The Balaban J connectivity index is 1.74. The second-order valence-corrected chi connectivity index (χ2v) is 17.3. The zero-order valence-electron chi connectivity index (χ0n) is 35.4. The number of methoxy groups -OCH3 is 3. The second kappa shape index (κ2) is 21.0. The lowest BCUT2D eigenvalue weighted by Gasteiger charge is -2.47. The van der Waals surface area contributed by atoms with Crippen LogP contribution >= 0.6 is 0 Å². The fraction of sp³-hybridized carbons (Fsp3) is 0.773. The zero-order valence-corrected chi connectivity index (χ0v) is 35.4. The van der Waals surface area contributed by atoms with Gasteiger partial charge in [-0.2, -0.15) is 0 Å². The first-order valence-corrected chi connectivity index (χ1v) is 20.9. The number of ketones is 2. The van der Waals surface area contributed by atoms with E-state index in [0.717, 1.165) is 10.5 Å². The van der Waals surface area contributed by atoms with E-state index in [9.17, 15) is 34.5 Å². The number of amides is 1. The molecule has 4 aliphatic rings. The predicted octanol–water partition coefficient (Wildman–Crippen LogP) is 4.64. The van der Waals surface area contributed by atoms with Gasteiger partial charge in [0.1, 0.15) is 24.0 Å². The number of cyclic esters (lactones) is 1. The summed E-state index contributed by atoms with van der Waals surface area (Å²) < 4.78 is 29.6. The van der Waals surface area contributed by atoms with E-state index >= 15 is 0 Å². The van der Waals surface area contributed by atoms with E-state index in [2.05, 4.69) is 6.58 Å². The molecule has 0 spiro atoms. The number of nitrogens with zero attached hydrogens (tertiary/aromatic N) is 1. The first-order valence-electron chi connectivity index (χ1n) is 20.9. The topological polar surface area (TPSA) is 178 Å². The molecule has 0 unspecified atom stereocenters. The largest absolute Gasteiger partial charge is 0.460 e. The highest BCUT2D eigenvalue weighted by atomic mass is 16.7. The molecule has 13 nitrogen and oxygen atoms in total. The average molecular weight is 804 g/mol. The molecule has 2 saturated heterocycles. The number of aliphatic hydroxyl groups is 3. The van der Waals surface area contributed by atoms with Gasteiger partial charge in [-0.05, 0) is 95.5 Å². The van der Waals surface area contributed by atoms with Gasteiger partial charge in [-0.25, -0.2) is 4.79 Å². The van der Waals surface area contributed by atoms with Gasteiger partial charge in [0.05, 0.1) is 30.5 Å². The van der Waals surface area contributed by atoms with Crippen molar-refractivity contribution >= 4 is 23.4 Å². The van der Waals surface area contributed by atoms with Gasteiger partial charge in [0.15, 0.2) is 0 Å². The number of rotatable bonds is 9. The highest BCUT2D eigenvalue weighted by Gasteiger charge is 2.56. The Morgan fingerprint density at radius 2 is 1.67 bits per heavy atom. The maximum Gasteiger partial charge on any atom is 0.329 e. The number of esters is 1. The van der Waals surface area contributed by atoms with Crippen LogP contribution in [0.25, 0.3) is 0 Å². The third-order valence-corrected chi connectivity index (χ3v) is 12.9. The first-order chi connectivity index (χ1) is 27.0. The van der Waals surface area contributed by atoms with Crippen molar-refractivity contribution in [3.63, 3.8) is 0 Å². The molecule has 0 aromatic carbocycles. The van der Waals surface area contributed by atoms with Crippen molar-refractivity contribution in [1.82, 2.24) is 4.90 Å². The Bertz CT molecular complexity index is 1480. The van der Waals surface area contributed by atoms with Crippen LogP contribution in [-0.2, 0) is 42.9 Å². The number of hydrogen-bond acceptors (Lipinski definition) is 12. The van der Waals surface area contributed by atoms with Gasteiger partial charge in [-0.3, -0.25) is 14.4 Å². The lowest BCUT2D eigenvalue weighted by Crippen LogP contribution is -2.64. The Morgan fingerprint density at radius 1 is 1.00 bits per heavy atom. The van der Waals surface area contributed by atoms with Crippen molar-refractivity contribution in [2.75, 3.05) is 27.9 Å². The van der Waals surface area contributed by atoms with Gasteiger partial charge in [0, 0.05) is 52.0 Å². The SMILES string of the molecule is C=CC[C@@H]1/C=C(/C)C[C@H](C)C[C@H](OC)[C@H]2O[C@@](O)(C(=O)C(=O)N3CCCC[C@H]3C(=O)O[C@H]([C@@H](C)[C@H](O)/C(C)=C/[C@@H]3CC[C@@H](O)[C@H](OC)C3)CC1=O)[C@H](C)C[C@@H]2OC. The van der Waals surface area contributed by atoms with Crippen LogP contribution in [0.4, 0.5) is 0 Å². The standard InChI is InChI=1S/C44H69NO12/c1-10-13-31-19-25(2)18-26(3)20-37(54-8)40-38(55-9)22-28(5)44(52,57-40)41(49)42(50)45-17-12-11-14-32(45)43(51)56-35(24-34(31)47)29(6)39(48)27(4)21-30-15-16-33(46)36(23-30)53-7/h10,19,21,26,28-33,35-40,46,48,52H,1,11-18,20,22-24H2,2-9H3/b25-19-,27-21+/t26-,28+,29+,30-,31+,32-,33+,35-,36+,37-,38-,39+,40+,44+/m0/s1. The molecule has 0 radical (unpaired) electrons. The molecule has 2 bridgehead atoms. The lowest BCUT2D eigenvalue weighted by atomic mass is 9.81. The van der Waals surface area contributed by atoms with E-state index < -0.39 is 83.9 Å². The summed E-state index contributed by atoms with van der Waals surface area (Å²) in [5, 5.41) is 34.0. The van der Waals surface area contributed by atoms with Crippen molar-refractivity contribution in [3.8, 4) is 0 Å².